The van der Waals surface area contributed by atoms with Crippen molar-refractivity contribution in [2.45, 2.75) is 0 Å². The van der Waals surface area contributed by atoms with Crippen molar-refractivity contribution in [1.29, 1.82) is 0 Å². The number of benzene rings is 2. The van der Waals surface area contributed by atoms with Crippen molar-refractivity contribution in [3.8, 4) is 22.5 Å². The molecule has 1 heterocycles. The molecule has 0 unspecified atom stereocenters. The number of nitrogen functional groups attached to an aromatic ring is 1. The molecule has 0 aliphatic carbocycles. The number of rotatable bonds is 2. The zero-order valence-electron chi connectivity index (χ0n) is 10.6. The molecule has 0 bridgehead atoms. The topological polar surface area (TPSA) is 52.0 Å². The van der Waals surface area contributed by atoms with Crippen LogP contribution >= 0.6 is 0 Å². The van der Waals surface area contributed by atoms with Gasteiger partial charge in [-0.25, -0.2) is 13.2 Å². The summed E-state index contributed by atoms with van der Waals surface area (Å²) in [5, 5.41) is 3.58. The molecular formula is C15H9F3N2O. The molecule has 0 aliphatic rings. The maximum absolute atomic E-state index is 13.9. The minimum Gasteiger partial charge on any atom is -0.380 e. The van der Waals surface area contributed by atoms with Gasteiger partial charge in [-0.3, -0.25) is 0 Å². The summed E-state index contributed by atoms with van der Waals surface area (Å²) in [5.41, 5.74) is 6.41. The van der Waals surface area contributed by atoms with Crippen LogP contribution in [0.15, 0.2) is 47.0 Å². The Morgan fingerprint density at radius 2 is 1.57 bits per heavy atom. The zero-order chi connectivity index (χ0) is 15.0. The van der Waals surface area contributed by atoms with Gasteiger partial charge in [-0.1, -0.05) is 17.3 Å². The first-order chi connectivity index (χ1) is 10.1. The Labute approximate surface area is 117 Å². The third-order valence-corrected chi connectivity index (χ3v) is 3.02. The Bertz CT molecular complexity index is 797. The lowest BCUT2D eigenvalue weighted by atomic mass is 10.0. The summed E-state index contributed by atoms with van der Waals surface area (Å²) in [4.78, 5) is 0. The molecule has 21 heavy (non-hydrogen) atoms. The van der Waals surface area contributed by atoms with Gasteiger partial charge in [0.2, 0.25) is 0 Å². The van der Waals surface area contributed by atoms with Crippen molar-refractivity contribution in [1.82, 2.24) is 5.16 Å². The number of anilines is 1. The summed E-state index contributed by atoms with van der Waals surface area (Å²) in [6.07, 6.45) is 0. The van der Waals surface area contributed by atoms with E-state index in [2.05, 4.69) is 5.16 Å². The fourth-order valence-corrected chi connectivity index (χ4v) is 2.05. The maximum Gasteiger partial charge on any atom is 0.179 e. The number of hydrogen-bond acceptors (Lipinski definition) is 3. The molecule has 0 saturated carbocycles. The van der Waals surface area contributed by atoms with E-state index in [0.29, 0.717) is 11.1 Å². The highest BCUT2D eigenvalue weighted by molar-refractivity contribution is 5.86. The molecule has 3 rings (SSSR count). The van der Waals surface area contributed by atoms with E-state index < -0.39 is 17.5 Å². The maximum atomic E-state index is 13.9. The summed E-state index contributed by atoms with van der Waals surface area (Å²) in [7, 11) is 0. The lowest BCUT2D eigenvalue weighted by Crippen LogP contribution is -1.91. The van der Waals surface area contributed by atoms with Gasteiger partial charge in [-0.2, -0.15) is 0 Å². The Kier molecular flexibility index (Phi) is 3.13. The SMILES string of the molecule is Nc1noc(-c2cc(F)ccc2F)c1-c1ccc(F)cc1. The highest BCUT2D eigenvalue weighted by Gasteiger charge is 2.20. The van der Waals surface area contributed by atoms with Crippen molar-refractivity contribution in [3.63, 3.8) is 0 Å². The van der Waals surface area contributed by atoms with E-state index >= 15 is 0 Å². The molecular weight excluding hydrogens is 281 g/mol. The average Bonchev–Trinajstić information content (AvgIpc) is 2.84. The average molecular weight is 290 g/mol. The monoisotopic (exact) mass is 290 g/mol. The summed E-state index contributed by atoms with van der Waals surface area (Å²) in [6, 6.07) is 8.34. The van der Waals surface area contributed by atoms with Crippen molar-refractivity contribution < 1.29 is 17.7 Å². The molecule has 3 nitrogen and oxygen atoms in total. The van der Waals surface area contributed by atoms with E-state index in [9.17, 15) is 13.2 Å². The van der Waals surface area contributed by atoms with Crippen LogP contribution in [0.25, 0.3) is 22.5 Å². The molecule has 0 spiro atoms. The first-order valence-electron chi connectivity index (χ1n) is 6.03. The number of nitrogens with zero attached hydrogens (tertiary/aromatic N) is 1. The van der Waals surface area contributed by atoms with Gasteiger partial charge in [0.1, 0.15) is 17.5 Å². The second-order valence-corrected chi connectivity index (χ2v) is 4.40. The Morgan fingerprint density at radius 1 is 0.905 bits per heavy atom. The lowest BCUT2D eigenvalue weighted by Gasteiger charge is -2.04. The van der Waals surface area contributed by atoms with Crippen LogP contribution in [0.1, 0.15) is 0 Å². The van der Waals surface area contributed by atoms with Crippen molar-refractivity contribution >= 4 is 5.82 Å². The van der Waals surface area contributed by atoms with Crippen LogP contribution in [0.2, 0.25) is 0 Å². The van der Waals surface area contributed by atoms with Crippen LogP contribution in [-0.2, 0) is 0 Å². The van der Waals surface area contributed by atoms with E-state index in [1.54, 1.807) is 0 Å². The fraction of sp³-hybridized carbons (Fsp3) is 0. The van der Waals surface area contributed by atoms with Gasteiger partial charge in [0, 0.05) is 0 Å². The summed E-state index contributed by atoms with van der Waals surface area (Å²) >= 11 is 0. The molecule has 0 amide bonds. The molecule has 1 aromatic heterocycles. The number of nitrogens with two attached hydrogens (primary N) is 1. The highest BCUT2D eigenvalue weighted by atomic mass is 19.1. The number of halogens is 3. The van der Waals surface area contributed by atoms with E-state index in [1.165, 1.54) is 24.3 Å². The molecule has 106 valence electrons. The van der Waals surface area contributed by atoms with E-state index in [0.717, 1.165) is 18.2 Å². The molecule has 0 saturated heterocycles. The lowest BCUT2D eigenvalue weighted by molar-refractivity contribution is 0.433. The molecule has 2 N–H and O–H groups in total. The van der Waals surface area contributed by atoms with Crippen LogP contribution in [0.4, 0.5) is 19.0 Å². The van der Waals surface area contributed by atoms with Crippen LogP contribution in [0.3, 0.4) is 0 Å². The van der Waals surface area contributed by atoms with Gasteiger partial charge in [-0.05, 0) is 35.9 Å². The molecule has 6 heteroatoms. The molecule has 0 atom stereocenters. The van der Waals surface area contributed by atoms with Crippen LogP contribution in [-0.4, -0.2) is 5.16 Å². The summed E-state index contributed by atoms with van der Waals surface area (Å²) in [6.45, 7) is 0. The van der Waals surface area contributed by atoms with Crippen molar-refractivity contribution in [2.24, 2.45) is 0 Å². The van der Waals surface area contributed by atoms with Gasteiger partial charge < -0.3 is 10.3 Å². The molecule has 2 aromatic carbocycles. The third-order valence-electron chi connectivity index (χ3n) is 3.02. The first-order valence-corrected chi connectivity index (χ1v) is 6.03. The molecule has 3 aromatic rings. The predicted molar refractivity (Wildman–Crippen MR) is 71.7 cm³/mol. The fourth-order valence-electron chi connectivity index (χ4n) is 2.05. The van der Waals surface area contributed by atoms with Gasteiger partial charge in [0.05, 0.1) is 11.1 Å². The second-order valence-electron chi connectivity index (χ2n) is 4.40. The summed E-state index contributed by atoms with van der Waals surface area (Å²) < 4.78 is 45.2. The quantitative estimate of drug-likeness (QED) is 0.776. The molecule has 0 fully saturated rings. The smallest absolute Gasteiger partial charge is 0.179 e. The minimum atomic E-state index is -0.670. The zero-order valence-corrected chi connectivity index (χ0v) is 10.6. The predicted octanol–water partition coefficient (Wildman–Crippen LogP) is 4.01. The Balaban J connectivity index is 2.21. The second kappa shape index (κ2) is 4.97. The van der Waals surface area contributed by atoms with Crippen LogP contribution < -0.4 is 5.73 Å². The van der Waals surface area contributed by atoms with Crippen LogP contribution in [0.5, 0.6) is 0 Å². The number of hydrogen-bond donors (Lipinski definition) is 1. The third kappa shape index (κ3) is 2.35. The van der Waals surface area contributed by atoms with E-state index in [-0.39, 0.29) is 17.1 Å². The Hall–Kier alpha value is -2.76. The Morgan fingerprint density at radius 3 is 2.29 bits per heavy atom. The van der Waals surface area contributed by atoms with E-state index in [1.807, 2.05) is 0 Å². The first kappa shape index (κ1) is 13.2. The van der Waals surface area contributed by atoms with E-state index in [4.69, 9.17) is 10.3 Å². The highest BCUT2D eigenvalue weighted by Crippen LogP contribution is 2.37. The minimum absolute atomic E-state index is 0.00360. The van der Waals surface area contributed by atoms with Gasteiger partial charge in [0.15, 0.2) is 11.6 Å². The van der Waals surface area contributed by atoms with Gasteiger partial charge >= 0.3 is 0 Å². The van der Waals surface area contributed by atoms with Gasteiger partial charge in [0.25, 0.3) is 0 Å². The molecule has 0 aliphatic heterocycles. The van der Waals surface area contributed by atoms with Gasteiger partial charge in [-0.15, -0.1) is 0 Å². The van der Waals surface area contributed by atoms with Crippen molar-refractivity contribution in [2.75, 3.05) is 5.73 Å². The largest absolute Gasteiger partial charge is 0.380 e. The van der Waals surface area contributed by atoms with Crippen LogP contribution in [0, 0.1) is 17.5 Å². The normalized spacial score (nSPS) is 10.8. The summed E-state index contributed by atoms with van der Waals surface area (Å²) in [5.74, 6) is -1.70. The van der Waals surface area contributed by atoms with Crippen molar-refractivity contribution in [3.05, 3.63) is 59.9 Å². The standard InChI is InChI=1S/C15H9F3N2O/c16-9-3-1-8(2-4-9)13-14(21-20-15(13)19)11-7-10(17)5-6-12(11)18/h1-7H,(H2,19,20). The molecule has 0 radical (unpaired) electrons. The number of aromatic nitrogens is 1.